The molecule has 1 aromatic heterocycles. The van der Waals surface area contributed by atoms with Crippen LogP contribution in [0.5, 0.6) is 5.75 Å². The highest BCUT2D eigenvalue weighted by atomic mass is 32.2. The summed E-state index contributed by atoms with van der Waals surface area (Å²) in [4.78, 5) is 16.2. The van der Waals surface area contributed by atoms with Crippen LogP contribution >= 0.6 is 11.8 Å². The predicted molar refractivity (Wildman–Crippen MR) is 95.7 cm³/mol. The third kappa shape index (κ3) is 3.11. The summed E-state index contributed by atoms with van der Waals surface area (Å²) < 4.78 is 10.9. The van der Waals surface area contributed by atoms with E-state index in [1.54, 1.807) is 12.1 Å². The Morgan fingerprint density at radius 1 is 1.24 bits per heavy atom. The van der Waals surface area contributed by atoms with Gasteiger partial charge < -0.3 is 9.15 Å². The minimum Gasteiger partial charge on any atom is -0.487 e. The highest BCUT2D eigenvalue weighted by molar-refractivity contribution is 8.27. The number of hydrazone groups is 1. The second-order valence-electron chi connectivity index (χ2n) is 5.13. The topological polar surface area (TPSA) is 91.2 Å². The maximum absolute atomic E-state index is 12.2. The number of benzene rings is 1. The molecule has 4 rings (SSSR count). The fraction of sp³-hybridized carbons (Fsp3) is 0.0588. The van der Waals surface area contributed by atoms with Gasteiger partial charge in [0.15, 0.2) is 5.84 Å². The highest BCUT2D eigenvalue weighted by Gasteiger charge is 2.35. The van der Waals surface area contributed by atoms with E-state index in [1.807, 2.05) is 30.3 Å². The molecule has 8 heteroatoms. The molecule has 0 aliphatic carbocycles. The highest BCUT2D eigenvalue weighted by Crippen LogP contribution is 2.28. The summed E-state index contributed by atoms with van der Waals surface area (Å²) in [6, 6.07) is 12.8. The average Bonchev–Trinajstić information content (AvgIpc) is 3.27. The molecule has 0 fully saturated rings. The van der Waals surface area contributed by atoms with E-state index < -0.39 is 5.91 Å². The average molecular weight is 352 g/mol. The molecule has 2 aliphatic rings. The lowest BCUT2D eigenvalue weighted by atomic mass is 10.1. The Kier molecular flexibility index (Phi) is 3.95. The molecule has 0 spiro atoms. The van der Waals surface area contributed by atoms with Crippen molar-refractivity contribution in [2.75, 3.05) is 6.61 Å². The number of carbonyl (C=O) groups excluding carboxylic acids is 1. The Labute approximate surface area is 147 Å². The summed E-state index contributed by atoms with van der Waals surface area (Å²) >= 11 is 1.22. The largest absolute Gasteiger partial charge is 0.487 e. The van der Waals surface area contributed by atoms with Crippen molar-refractivity contribution in [1.82, 2.24) is 5.01 Å². The molecule has 1 amide bonds. The van der Waals surface area contributed by atoms with Crippen LogP contribution in [0.2, 0.25) is 0 Å². The maximum atomic E-state index is 12.2. The molecule has 1 aromatic carbocycles. The molecule has 0 radical (unpaired) electrons. The van der Waals surface area contributed by atoms with E-state index in [0.29, 0.717) is 16.0 Å². The van der Waals surface area contributed by atoms with Crippen LogP contribution in [-0.2, 0) is 4.79 Å². The molecule has 3 heterocycles. The van der Waals surface area contributed by atoms with E-state index >= 15 is 0 Å². The molecule has 7 nitrogen and oxygen atoms in total. The van der Waals surface area contributed by atoms with E-state index in [9.17, 15) is 4.79 Å². The number of para-hydroxylation sites is 1. The zero-order valence-corrected chi connectivity index (χ0v) is 13.7. The predicted octanol–water partition coefficient (Wildman–Crippen LogP) is 2.98. The second kappa shape index (κ2) is 6.40. The number of hydrogen-bond acceptors (Lipinski definition) is 6. The van der Waals surface area contributed by atoms with Crippen LogP contribution in [0, 0.1) is 5.41 Å². The summed E-state index contributed by atoms with van der Waals surface area (Å²) in [6.07, 6.45) is 2.99. The van der Waals surface area contributed by atoms with Crippen molar-refractivity contribution in [3.8, 4) is 5.75 Å². The molecule has 1 N–H and O–H groups in total. The minimum atomic E-state index is -0.486. The summed E-state index contributed by atoms with van der Waals surface area (Å²) in [6.45, 7) is 0.239. The summed E-state index contributed by atoms with van der Waals surface area (Å²) in [5.74, 6) is 0.687. The van der Waals surface area contributed by atoms with Crippen LogP contribution in [-0.4, -0.2) is 33.6 Å². The van der Waals surface area contributed by atoms with Gasteiger partial charge in [-0.25, -0.2) is 0 Å². The Morgan fingerprint density at radius 2 is 2.08 bits per heavy atom. The van der Waals surface area contributed by atoms with Crippen LogP contribution in [0.1, 0.15) is 5.76 Å². The van der Waals surface area contributed by atoms with Gasteiger partial charge >= 0.3 is 0 Å². The van der Waals surface area contributed by atoms with Crippen molar-refractivity contribution in [3.05, 3.63) is 60.1 Å². The number of furan rings is 1. The minimum absolute atomic E-state index is 0.0337. The first-order valence-corrected chi connectivity index (χ1v) is 8.23. The first kappa shape index (κ1) is 15.4. The lowest BCUT2D eigenvalue weighted by Gasteiger charge is -2.19. The van der Waals surface area contributed by atoms with E-state index in [1.165, 1.54) is 29.1 Å². The van der Waals surface area contributed by atoms with Crippen molar-refractivity contribution in [2.24, 2.45) is 10.1 Å². The van der Waals surface area contributed by atoms with Gasteiger partial charge in [0.25, 0.3) is 5.91 Å². The molecule has 0 saturated carbocycles. The zero-order valence-electron chi connectivity index (χ0n) is 12.9. The fourth-order valence-electron chi connectivity index (χ4n) is 2.27. The zero-order chi connectivity index (χ0) is 17.2. The Bertz CT molecular complexity index is 917. The molecule has 2 aromatic rings. The van der Waals surface area contributed by atoms with Crippen molar-refractivity contribution < 1.29 is 13.9 Å². The number of nitrogens with zero attached hydrogens (tertiary/aromatic N) is 3. The van der Waals surface area contributed by atoms with E-state index in [4.69, 9.17) is 14.6 Å². The number of nitrogens with one attached hydrogen (secondary N) is 1. The van der Waals surface area contributed by atoms with E-state index in [0.717, 1.165) is 5.75 Å². The van der Waals surface area contributed by atoms with Crippen molar-refractivity contribution in [2.45, 2.75) is 0 Å². The number of amides is 1. The second-order valence-corrected chi connectivity index (χ2v) is 6.17. The first-order valence-electron chi connectivity index (χ1n) is 7.41. The van der Waals surface area contributed by atoms with Gasteiger partial charge in [-0.05, 0) is 42.1 Å². The smallest absolute Gasteiger partial charge is 0.283 e. The van der Waals surface area contributed by atoms with Crippen LogP contribution in [0.4, 0.5) is 0 Å². The number of carbonyl (C=O) groups is 1. The molecule has 0 atom stereocenters. The third-order valence-electron chi connectivity index (χ3n) is 3.43. The monoisotopic (exact) mass is 352 g/mol. The molecule has 0 unspecified atom stereocenters. The third-order valence-corrected chi connectivity index (χ3v) is 4.31. The van der Waals surface area contributed by atoms with Crippen LogP contribution in [0.3, 0.4) is 0 Å². The number of rotatable bonds is 4. The van der Waals surface area contributed by atoms with Crippen molar-refractivity contribution in [1.29, 1.82) is 5.41 Å². The first-order chi connectivity index (χ1) is 12.2. The molecular formula is C17H12N4O3S. The van der Waals surface area contributed by atoms with Crippen LogP contribution < -0.4 is 4.74 Å². The van der Waals surface area contributed by atoms with Crippen LogP contribution in [0.15, 0.2) is 68.8 Å². The van der Waals surface area contributed by atoms with Crippen LogP contribution in [0.25, 0.3) is 6.08 Å². The van der Waals surface area contributed by atoms with Gasteiger partial charge in [-0.3, -0.25) is 10.2 Å². The number of ether oxygens (including phenoxy) is 1. The molecule has 124 valence electrons. The van der Waals surface area contributed by atoms with Gasteiger partial charge in [0.05, 0.1) is 11.8 Å². The quantitative estimate of drug-likeness (QED) is 0.854. The van der Waals surface area contributed by atoms with Gasteiger partial charge in [0.1, 0.15) is 23.2 Å². The fourth-order valence-corrected chi connectivity index (χ4v) is 3.07. The van der Waals surface area contributed by atoms with Gasteiger partial charge in [0, 0.05) is 0 Å². The summed E-state index contributed by atoms with van der Waals surface area (Å²) in [7, 11) is 0. The van der Waals surface area contributed by atoms with Crippen molar-refractivity contribution in [3.63, 3.8) is 0 Å². The lowest BCUT2D eigenvalue weighted by Crippen LogP contribution is -2.35. The van der Waals surface area contributed by atoms with E-state index in [2.05, 4.69) is 10.1 Å². The summed E-state index contributed by atoms with van der Waals surface area (Å²) in [5.41, 5.74) is 0.133. The Morgan fingerprint density at radius 3 is 2.84 bits per heavy atom. The van der Waals surface area contributed by atoms with Gasteiger partial charge in [-0.2, -0.15) is 15.1 Å². The maximum Gasteiger partial charge on any atom is 0.283 e. The van der Waals surface area contributed by atoms with Gasteiger partial charge in [-0.15, -0.1) is 0 Å². The standard InChI is InChI=1S/C17H12N4O3S/c18-15-13(9-12-7-4-8-23-12)16(22)19-17-21(15)20-14(25-17)10-24-11-5-2-1-3-6-11/h1-9,18H,10H2/b13-9-,18-15?. The van der Waals surface area contributed by atoms with Gasteiger partial charge in [0.2, 0.25) is 5.17 Å². The number of amidine groups is 2. The van der Waals surface area contributed by atoms with Crippen molar-refractivity contribution >= 4 is 39.8 Å². The molecule has 0 saturated heterocycles. The Balaban J connectivity index is 1.53. The summed E-state index contributed by atoms with van der Waals surface area (Å²) in [5, 5.41) is 14.9. The van der Waals surface area contributed by atoms with Gasteiger partial charge in [-0.1, -0.05) is 18.2 Å². The Hall–Kier alpha value is -3.13. The number of aliphatic imine (C=N–C) groups is 1. The molecule has 2 aliphatic heterocycles. The number of thioether (sulfide) groups is 1. The number of fused-ring (bicyclic) bond motifs is 1. The SMILES string of the molecule is N=C1/C(=C/c2ccco2)C(=O)N=C2SC(COc3ccccc3)=NN12. The molecular weight excluding hydrogens is 340 g/mol. The molecule has 25 heavy (non-hydrogen) atoms. The normalized spacial score (nSPS) is 18.2. The lowest BCUT2D eigenvalue weighted by molar-refractivity contribution is -0.114. The molecule has 0 bridgehead atoms. The number of hydrogen-bond donors (Lipinski definition) is 1. The van der Waals surface area contributed by atoms with E-state index in [-0.39, 0.29) is 18.0 Å².